The molecule has 1 unspecified atom stereocenters. The molecule has 0 radical (unpaired) electrons. The van der Waals surface area contributed by atoms with Crippen molar-refractivity contribution in [3.8, 4) is 5.75 Å². The number of nitrogens with zero attached hydrogens (tertiary/aromatic N) is 1. The number of hydrogen-bond donors (Lipinski definition) is 18. The topological polar surface area (TPSA) is 476 Å². The fourth-order valence-corrected chi connectivity index (χ4v) is 9.88. The molecule has 0 saturated carbocycles. The number of guanidine groups is 1. The number of aromatic nitrogens is 1. The number of likely N-dealkylation sites (tertiary alicyclic amines) is 1. The summed E-state index contributed by atoms with van der Waals surface area (Å²) in [6.45, 7) is 5.62. The van der Waals surface area contributed by atoms with E-state index < -0.39 is 132 Å². The van der Waals surface area contributed by atoms with E-state index in [9.17, 15) is 68.1 Å². The monoisotopic (exact) mass is 1260 g/mol. The number of phenolic OH excluding ortho intramolecular Hbond substituents is 1. The van der Waals surface area contributed by atoms with E-state index in [1.807, 2.05) is 24.3 Å². The first-order valence-corrected chi connectivity index (χ1v) is 29.0. The molecule has 0 aliphatic carbocycles. The van der Waals surface area contributed by atoms with E-state index in [0.29, 0.717) is 21.7 Å². The second-order valence-electron chi connectivity index (χ2n) is 21.9. The first-order chi connectivity index (χ1) is 42.1. The number of β-amino-alcohol motifs (C(OH)–C–C–N with tert-alkyl or cyclic N) is 1. The summed E-state index contributed by atoms with van der Waals surface area (Å²) in [4.78, 5) is 153. The number of amides is 12. The van der Waals surface area contributed by atoms with Gasteiger partial charge in [-0.1, -0.05) is 67.9 Å². The number of aromatic hydroxyl groups is 1. The Morgan fingerprint density at radius 3 is 1.93 bits per heavy atom. The molecule has 1 fully saturated rings. The molecule has 5 rings (SSSR count). The first kappa shape index (κ1) is 70.2. The van der Waals surface area contributed by atoms with Crippen LogP contribution in [0, 0.1) is 11.3 Å². The van der Waals surface area contributed by atoms with E-state index in [-0.39, 0.29) is 75.7 Å². The lowest BCUT2D eigenvalue weighted by atomic mass is 10.0. The molecule has 1 saturated heterocycles. The van der Waals surface area contributed by atoms with Gasteiger partial charge in [-0.15, -0.1) is 0 Å². The molecule has 12 amide bonds. The van der Waals surface area contributed by atoms with Crippen LogP contribution >= 0.6 is 11.6 Å². The van der Waals surface area contributed by atoms with Crippen molar-refractivity contribution in [3.63, 3.8) is 0 Å². The SMILES string of the molecule is CNC(=N)NCCC[C@H](NC(=O)[C@H](CC(C)C)NC(=O)NNC(=O)[C@H](Cc1ccc(Cl)cc1)NC(=O)C(NC(=O)[C@H](CC(N)=O)NC(=O)[C@@H]1C[C@@H](O)CN1C(=O)[C@@H](Cc1ccc(O)cc1)NC(C)=O)[C@@H](C)O)C(=O)N[C@@H](Cc1c[nH]c2ccccc12)C(N)=O. The number of aliphatic hydroxyl groups is 2. The van der Waals surface area contributed by atoms with Crippen molar-refractivity contribution >= 4 is 93.6 Å². The minimum atomic E-state index is -1.92. The van der Waals surface area contributed by atoms with Gasteiger partial charge in [-0.2, -0.15) is 0 Å². The van der Waals surface area contributed by atoms with Crippen molar-refractivity contribution < 1.29 is 68.1 Å². The lowest BCUT2D eigenvalue weighted by Crippen LogP contribution is -2.62. The minimum absolute atomic E-state index is 0.000929. The van der Waals surface area contributed by atoms with Crippen LogP contribution in [0.2, 0.25) is 5.02 Å². The first-order valence-electron chi connectivity index (χ1n) is 28.6. The van der Waals surface area contributed by atoms with Crippen LogP contribution in [-0.2, 0) is 67.2 Å². The lowest BCUT2D eigenvalue weighted by molar-refractivity contribution is -0.142. The zero-order chi connectivity index (χ0) is 65.6. The number of carbonyl (C=O) groups is 11. The van der Waals surface area contributed by atoms with Crippen LogP contribution in [-0.4, -0.2) is 177 Å². The van der Waals surface area contributed by atoms with E-state index in [4.69, 9.17) is 28.5 Å². The number of aliphatic hydroxyl groups excluding tert-OH is 2. The number of nitrogens with two attached hydrogens (primary N) is 2. The van der Waals surface area contributed by atoms with Crippen molar-refractivity contribution in [2.75, 3.05) is 20.1 Å². The second kappa shape index (κ2) is 33.5. The Labute approximate surface area is 517 Å². The standard InChI is InChI=1S/C58H79ClN16O14/c1-29(2)21-42(51(83)67-40(11-8-20-64-57(62)63-5)50(82)68-41(49(61)81)24-34-27-65-39-10-7-6-9-38(34)39)71-58(89)74-73-53(85)43(22-32-12-16-35(59)17-13-32)70-55(87)48(30(3)76)72-52(84)44(26-47(60)80)69-54(86)46-25-37(79)28-75(46)56(88)45(66-31(4)77)23-33-14-18-36(78)19-15-33/h6-7,9-10,12-19,27,29-30,37,40-46,48,65,76,78-79H,8,11,20-26,28H2,1-5H3,(H2,60,80)(H2,61,81)(H,66,77)(H,67,83)(H,68,82)(H,69,86)(H,70,87)(H,72,84)(H,73,85)(H3,62,63,64)(H2,71,74,89)/t30-,37-,40+,41+,42+,43+,44+,45-,46+,48?/m1/s1. The molecule has 30 nitrogen and oxygen atoms in total. The number of para-hydroxylation sites is 1. The van der Waals surface area contributed by atoms with Gasteiger partial charge in [0.25, 0.3) is 5.91 Å². The van der Waals surface area contributed by atoms with Gasteiger partial charge in [-0.05, 0) is 79.1 Å². The Morgan fingerprint density at radius 1 is 0.708 bits per heavy atom. The number of benzene rings is 3. The van der Waals surface area contributed by atoms with Crippen molar-refractivity contribution in [2.45, 2.75) is 140 Å². The minimum Gasteiger partial charge on any atom is -0.508 e. The Hall–Kier alpha value is -9.55. The Bertz CT molecular complexity index is 3180. The van der Waals surface area contributed by atoms with E-state index in [1.165, 1.54) is 62.5 Å². The highest BCUT2D eigenvalue weighted by atomic mass is 35.5. The number of aromatic amines is 1. The zero-order valence-corrected chi connectivity index (χ0v) is 50.5. The van der Waals surface area contributed by atoms with E-state index in [2.05, 4.69) is 63.7 Å². The van der Waals surface area contributed by atoms with Gasteiger partial charge in [0.2, 0.25) is 53.2 Å². The highest BCUT2D eigenvalue weighted by Crippen LogP contribution is 2.23. The maximum atomic E-state index is 14.1. The normalized spacial score (nSPS) is 16.3. The van der Waals surface area contributed by atoms with Gasteiger partial charge in [0.05, 0.1) is 18.6 Å². The molecule has 31 heteroatoms. The third-order valence-electron chi connectivity index (χ3n) is 14.2. The number of carbonyl (C=O) groups excluding carboxylic acids is 11. The number of H-pyrrole nitrogens is 1. The highest BCUT2D eigenvalue weighted by Gasteiger charge is 2.43. The molecular formula is C58H79ClN16O14. The second-order valence-corrected chi connectivity index (χ2v) is 22.4. The predicted molar refractivity (Wildman–Crippen MR) is 324 cm³/mol. The summed E-state index contributed by atoms with van der Waals surface area (Å²) in [5, 5.41) is 63.2. The van der Waals surface area contributed by atoms with Gasteiger partial charge < -0.3 is 84.5 Å². The van der Waals surface area contributed by atoms with Gasteiger partial charge in [0.15, 0.2) is 5.96 Å². The molecule has 4 aromatic rings. The highest BCUT2D eigenvalue weighted by molar-refractivity contribution is 6.30. The molecule has 482 valence electrons. The van der Waals surface area contributed by atoms with Crippen LogP contribution in [0.5, 0.6) is 5.75 Å². The number of hydrogen-bond acceptors (Lipinski definition) is 15. The molecule has 0 bridgehead atoms. The molecule has 10 atom stereocenters. The third kappa shape index (κ3) is 22.0. The Kier molecular flexibility index (Phi) is 26.5. The lowest BCUT2D eigenvalue weighted by Gasteiger charge is -2.30. The number of urea groups is 1. The maximum Gasteiger partial charge on any atom is 0.334 e. The van der Waals surface area contributed by atoms with E-state index >= 15 is 0 Å². The molecule has 1 aliphatic heterocycles. The average molecular weight is 1260 g/mol. The van der Waals surface area contributed by atoms with Crippen molar-refractivity contribution in [1.29, 1.82) is 5.41 Å². The molecule has 89 heavy (non-hydrogen) atoms. The fraction of sp³-hybridized carbons (Fsp3) is 0.448. The summed E-state index contributed by atoms with van der Waals surface area (Å²) in [6, 6.07) is 6.04. The van der Waals surface area contributed by atoms with E-state index in [0.717, 1.165) is 22.7 Å². The number of phenols is 1. The van der Waals surface area contributed by atoms with Gasteiger partial charge in [0, 0.05) is 74.9 Å². The number of rotatable bonds is 30. The summed E-state index contributed by atoms with van der Waals surface area (Å²) < 4.78 is 0. The van der Waals surface area contributed by atoms with Crippen LogP contribution < -0.4 is 70.2 Å². The molecule has 1 aromatic heterocycles. The summed E-state index contributed by atoms with van der Waals surface area (Å²) in [7, 11) is 1.54. The smallest absolute Gasteiger partial charge is 0.334 e. The van der Waals surface area contributed by atoms with Crippen LogP contribution in [0.25, 0.3) is 10.9 Å². The van der Waals surface area contributed by atoms with Gasteiger partial charge in [-0.25, -0.2) is 10.2 Å². The third-order valence-corrected chi connectivity index (χ3v) is 14.5. The van der Waals surface area contributed by atoms with Crippen LogP contribution in [0.15, 0.2) is 79.0 Å². The van der Waals surface area contributed by atoms with Crippen LogP contribution in [0.4, 0.5) is 4.79 Å². The zero-order valence-electron chi connectivity index (χ0n) is 49.7. The maximum absolute atomic E-state index is 14.1. The summed E-state index contributed by atoms with van der Waals surface area (Å²) in [6.07, 6.45) is -2.65. The Morgan fingerprint density at radius 2 is 1.31 bits per heavy atom. The fourth-order valence-electron chi connectivity index (χ4n) is 9.75. The van der Waals surface area contributed by atoms with Gasteiger partial charge >= 0.3 is 6.03 Å². The number of hydrazine groups is 1. The molecular weight excluding hydrogens is 1180 g/mol. The van der Waals surface area contributed by atoms with Crippen LogP contribution in [0.3, 0.4) is 0 Å². The molecule has 2 heterocycles. The Balaban J connectivity index is 1.29. The van der Waals surface area contributed by atoms with E-state index in [1.54, 1.807) is 20.0 Å². The van der Waals surface area contributed by atoms with Crippen molar-refractivity contribution in [3.05, 3.63) is 101 Å². The van der Waals surface area contributed by atoms with Gasteiger partial charge in [0.1, 0.15) is 54.1 Å². The quantitative estimate of drug-likeness (QED) is 0.0111. The molecule has 0 spiro atoms. The van der Waals surface area contributed by atoms with Crippen molar-refractivity contribution in [1.82, 2.24) is 68.6 Å². The molecule has 20 N–H and O–H groups in total. The summed E-state index contributed by atoms with van der Waals surface area (Å²) in [5.74, 6) is -9.77. The van der Waals surface area contributed by atoms with Gasteiger partial charge in [-0.3, -0.25) is 58.8 Å². The summed E-state index contributed by atoms with van der Waals surface area (Å²) >= 11 is 6.12. The average Bonchev–Trinajstić information content (AvgIpc) is 3.84. The molecule has 1 aliphatic rings. The largest absolute Gasteiger partial charge is 0.508 e. The number of halogens is 1. The number of fused-ring (bicyclic) bond motifs is 1. The predicted octanol–water partition coefficient (Wildman–Crippen LogP) is -2.54. The number of nitrogens with one attached hydrogen (secondary N) is 13. The number of primary amides is 2. The van der Waals surface area contributed by atoms with Crippen LogP contribution in [0.1, 0.15) is 76.5 Å². The molecule has 3 aromatic carbocycles. The summed E-state index contributed by atoms with van der Waals surface area (Å²) in [5.41, 5.74) is 18.0. The van der Waals surface area contributed by atoms with Crippen molar-refractivity contribution in [2.24, 2.45) is 17.4 Å².